The van der Waals surface area contributed by atoms with Crippen molar-refractivity contribution in [2.24, 2.45) is 0 Å². The molecule has 0 bridgehead atoms. The lowest BCUT2D eigenvalue weighted by molar-refractivity contribution is -0.143. The molecule has 0 saturated carbocycles. The van der Waals surface area contributed by atoms with Crippen molar-refractivity contribution < 1.29 is 17.9 Å². The van der Waals surface area contributed by atoms with Gasteiger partial charge in [0, 0.05) is 6.04 Å². The molecule has 1 N–H and O–H groups in total. The molecule has 102 valence electrons. The second kappa shape index (κ2) is 6.65. The van der Waals surface area contributed by atoms with Gasteiger partial charge >= 0.3 is 5.97 Å². The quantitative estimate of drug-likeness (QED) is 0.793. The Balaban J connectivity index is 2.63. The fraction of sp³-hybridized carbons (Fsp3) is 0.500. The summed E-state index contributed by atoms with van der Waals surface area (Å²) in [5, 5.41) is 0. The van der Waals surface area contributed by atoms with Gasteiger partial charge in [-0.3, -0.25) is 4.79 Å². The number of esters is 1. The molecule has 1 rings (SSSR count). The highest BCUT2D eigenvalue weighted by molar-refractivity contribution is 9.11. The SMILES string of the molecule is CCOC(=O)CC(C)NS(=O)(=O)c1ccc(Br)s1. The number of hydrogen-bond donors (Lipinski definition) is 1. The first kappa shape index (κ1) is 15.6. The first-order valence-corrected chi connectivity index (χ1v) is 8.37. The summed E-state index contributed by atoms with van der Waals surface area (Å²) in [5.41, 5.74) is 0. The second-order valence-electron chi connectivity index (χ2n) is 3.59. The zero-order valence-electron chi connectivity index (χ0n) is 9.97. The molecule has 5 nitrogen and oxygen atoms in total. The zero-order chi connectivity index (χ0) is 13.8. The van der Waals surface area contributed by atoms with E-state index in [-0.39, 0.29) is 17.2 Å². The molecule has 0 aliphatic carbocycles. The summed E-state index contributed by atoms with van der Waals surface area (Å²) in [5.74, 6) is -0.417. The van der Waals surface area contributed by atoms with Crippen LogP contribution in [0.2, 0.25) is 0 Å². The standard InChI is InChI=1S/C10H14BrNO4S2/c1-3-16-9(13)6-7(2)12-18(14,15)10-5-4-8(11)17-10/h4-5,7,12H,3,6H2,1-2H3. The summed E-state index contributed by atoms with van der Waals surface area (Å²) >= 11 is 4.32. The van der Waals surface area contributed by atoms with Crippen LogP contribution in [0.15, 0.2) is 20.1 Å². The van der Waals surface area contributed by atoms with Crippen LogP contribution < -0.4 is 4.72 Å². The highest BCUT2D eigenvalue weighted by Gasteiger charge is 2.21. The Labute approximate surface area is 119 Å². The average Bonchev–Trinajstić information content (AvgIpc) is 2.64. The molecule has 0 aliphatic rings. The Hall–Kier alpha value is -0.440. The van der Waals surface area contributed by atoms with Crippen LogP contribution in [0.1, 0.15) is 20.3 Å². The molecule has 0 amide bonds. The minimum absolute atomic E-state index is 0.0135. The van der Waals surface area contributed by atoms with Crippen LogP contribution in [-0.4, -0.2) is 27.0 Å². The molecule has 0 aromatic carbocycles. The number of nitrogens with one attached hydrogen (secondary N) is 1. The Morgan fingerprint density at radius 3 is 2.72 bits per heavy atom. The highest BCUT2D eigenvalue weighted by atomic mass is 79.9. The third-order valence-corrected chi connectivity index (χ3v) is 5.65. The van der Waals surface area contributed by atoms with Crippen molar-refractivity contribution in [2.45, 2.75) is 30.5 Å². The van der Waals surface area contributed by atoms with E-state index in [2.05, 4.69) is 20.7 Å². The Morgan fingerprint density at radius 1 is 1.56 bits per heavy atom. The molecule has 8 heteroatoms. The minimum Gasteiger partial charge on any atom is -0.466 e. The van der Waals surface area contributed by atoms with E-state index in [0.717, 1.165) is 15.1 Å². The van der Waals surface area contributed by atoms with Crippen molar-refractivity contribution in [3.63, 3.8) is 0 Å². The Bertz CT molecular complexity index is 512. The van der Waals surface area contributed by atoms with E-state index >= 15 is 0 Å². The minimum atomic E-state index is -3.57. The molecule has 0 saturated heterocycles. The van der Waals surface area contributed by atoms with Crippen molar-refractivity contribution >= 4 is 43.3 Å². The van der Waals surface area contributed by atoms with Gasteiger partial charge in [0.2, 0.25) is 10.0 Å². The highest BCUT2D eigenvalue weighted by Crippen LogP contribution is 2.26. The van der Waals surface area contributed by atoms with Gasteiger partial charge in [0.15, 0.2) is 0 Å². The molecule has 1 heterocycles. The molecule has 1 aromatic heterocycles. The van der Waals surface area contributed by atoms with Gasteiger partial charge in [-0.2, -0.15) is 0 Å². The van der Waals surface area contributed by atoms with Gasteiger partial charge in [-0.25, -0.2) is 13.1 Å². The number of hydrogen-bond acceptors (Lipinski definition) is 5. The number of halogens is 1. The predicted octanol–water partition coefficient (Wildman–Crippen LogP) is 2.13. The van der Waals surface area contributed by atoms with Crippen LogP contribution in [0, 0.1) is 0 Å². The summed E-state index contributed by atoms with van der Waals surface area (Å²) in [7, 11) is -3.57. The summed E-state index contributed by atoms with van der Waals surface area (Å²) < 4.78 is 32.0. The van der Waals surface area contributed by atoms with E-state index in [0.29, 0.717) is 0 Å². The summed E-state index contributed by atoms with van der Waals surface area (Å²) in [6.07, 6.45) is 0.0135. The molecule has 1 aromatic rings. The van der Waals surface area contributed by atoms with Gasteiger partial charge in [0.1, 0.15) is 4.21 Å². The number of carbonyl (C=O) groups excluding carboxylic acids is 1. The van der Waals surface area contributed by atoms with E-state index < -0.39 is 22.0 Å². The summed E-state index contributed by atoms with van der Waals surface area (Å²) in [6, 6.07) is 2.67. The molecule has 18 heavy (non-hydrogen) atoms. The van der Waals surface area contributed by atoms with E-state index in [1.165, 1.54) is 6.07 Å². The molecular formula is C10H14BrNO4S2. The van der Waals surface area contributed by atoms with Crippen molar-refractivity contribution in [3.05, 3.63) is 15.9 Å². The zero-order valence-corrected chi connectivity index (χ0v) is 13.2. The van der Waals surface area contributed by atoms with Crippen LogP contribution >= 0.6 is 27.3 Å². The Kier molecular flexibility index (Phi) is 5.77. The van der Waals surface area contributed by atoms with Crippen molar-refractivity contribution in [1.29, 1.82) is 0 Å². The lowest BCUT2D eigenvalue weighted by Gasteiger charge is -2.12. The van der Waals surface area contributed by atoms with Gasteiger partial charge in [0.25, 0.3) is 0 Å². The van der Waals surface area contributed by atoms with E-state index in [1.54, 1.807) is 19.9 Å². The number of thiophene rings is 1. The van der Waals surface area contributed by atoms with Crippen molar-refractivity contribution in [2.75, 3.05) is 6.61 Å². The predicted molar refractivity (Wildman–Crippen MR) is 73.1 cm³/mol. The fourth-order valence-corrected chi connectivity index (χ4v) is 4.55. The number of ether oxygens (including phenoxy) is 1. The first-order valence-electron chi connectivity index (χ1n) is 5.28. The maximum Gasteiger partial charge on any atom is 0.307 e. The molecule has 0 spiro atoms. The topological polar surface area (TPSA) is 72.5 Å². The third kappa shape index (κ3) is 4.68. The maximum atomic E-state index is 11.9. The van der Waals surface area contributed by atoms with E-state index in [4.69, 9.17) is 4.74 Å². The normalized spacial score (nSPS) is 13.3. The van der Waals surface area contributed by atoms with Gasteiger partial charge in [-0.15, -0.1) is 11.3 Å². The number of sulfonamides is 1. The van der Waals surface area contributed by atoms with Gasteiger partial charge in [-0.1, -0.05) is 0 Å². The molecule has 0 aliphatic heterocycles. The van der Waals surface area contributed by atoms with Crippen LogP contribution in [0.4, 0.5) is 0 Å². The van der Waals surface area contributed by atoms with Crippen LogP contribution in [-0.2, 0) is 19.6 Å². The van der Waals surface area contributed by atoms with Crippen LogP contribution in [0.5, 0.6) is 0 Å². The number of rotatable bonds is 6. The second-order valence-corrected chi connectivity index (χ2v) is 7.99. The summed E-state index contributed by atoms with van der Waals surface area (Å²) in [4.78, 5) is 11.2. The van der Waals surface area contributed by atoms with Gasteiger partial charge in [-0.05, 0) is 41.9 Å². The third-order valence-electron chi connectivity index (χ3n) is 1.95. The van der Waals surface area contributed by atoms with E-state index in [9.17, 15) is 13.2 Å². The monoisotopic (exact) mass is 355 g/mol. The molecule has 1 atom stereocenters. The molecular weight excluding hydrogens is 342 g/mol. The molecule has 1 unspecified atom stereocenters. The van der Waals surface area contributed by atoms with E-state index in [1.807, 2.05) is 0 Å². The number of carbonyl (C=O) groups is 1. The maximum absolute atomic E-state index is 11.9. The van der Waals surface area contributed by atoms with Crippen molar-refractivity contribution in [1.82, 2.24) is 4.72 Å². The average molecular weight is 356 g/mol. The smallest absolute Gasteiger partial charge is 0.307 e. The lowest BCUT2D eigenvalue weighted by Crippen LogP contribution is -2.34. The Morgan fingerprint density at radius 2 is 2.22 bits per heavy atom. The van der Waals surface area contributed by atoms with Gasteiger partial charge in [0.05, 0.1) is 16.8 Å². The lowest BCUT2D eigenvalue weighted by atomic mass is 10.3. The molecule has 0 fully saturated rings. The first-order chi connectivity index (χ1) is 8.35. The van der Waals surface area contributed by atoms with Crippen molar-refractivity contribution in [3.8, 4) is 0 Å². The van der Waals surface area contributed by atoms with Crippen LogP contribution in [0.3, 0.4) is 0 Å². The van der Waals surface area contributed by atoms with Gasteiger partial charge < -0.3 is 4.74 Å². The van der Waals surface area contributed by atoms with Crippen LogP contribution in [0.25, 0.3) is 0 Å². The largest absolute Gasteiger partial charge is 0.466 e. The summed E-state index contributed by atoms with van der Waals surface area (Å²) in [6.45, 7) is 3.61. The molecule has 0 radical (unpaired) electrons. The fourth-order valence-electron chi connectivity index (χ4n) is 1.28.